The molecule has 6 heteroatoms. The Bertz CT molecular complexity index is 647. The van der Waals surface area contributed by atoms with Gasteiger partial charge in [0.2, 0.25) is 11.8 Å². The quantitative estimate of drug-likeness (QED) is 0.828. The summed E-state index contributed by atoms with van der Waals surface area (Å²) in [7, 11) is 0. The van der Waals surface area contributed by atoms with Gasteiger partial charge in [-0.25, -0.2) is 0 Å². The molecule has 1 N–H and O–H groups in total. The molecule has 1 aromatic heterocycles. The standard InChI is InChI=1S/C19H26N4O2/c24-17(16-4-1-2-5-16)22-12-8-19(9-13-22,23-11-3-10-21-23)18(25)20-14-15-6-7-15/h1-3,10-11,15-16H,4-9,12-14H2,(H,20,25). The summed E-state index contributed by atoms with van der Waals surface area (Å²) in [6.07, 6.45) is 13.1. The molecule has 1 saturated carbocycles. The topological polar surface area (TPSA) is 67.2 Å². The Balaban J connectivity index is 1.45. The van der Waals surface area contributed by atoms with Crippen LogP contribution < -0.4 is 5.32 Å². The Morgan fingerprint density at radius 2 is 1.88 bits per heavy atom. The van der Waals surface area contributed by atoms with Crippen LogP contribution in [0.4, 0.5) is 0 Å². The minimum atomic E-state index is -0.664. The Kier molecular flexibility index (Phi) is 4.36. The average Bonchev–Trinajstić information content (AvgIpc) is 3.09. The molecule has 2 heterocycles. The first-order valence-electron chi connectivity index (χ1n) is 9.41. The van der Waals surface area contributed by atoms with E-state index in [4.69, 9.17) is 0 Å². The number of nitrogens with one attached hydrogen (secondary N) is 1. The molecule has 0 unspecified atom stereocenters. The van der Waals surface area contributed by atoms with Gasteiger partial charge in [0.15, 0.2) is 0 Å². The van der Waals surface area contributed by atoms with Gasteiger partial charge in [-0.05, 0) is 50.5 Å². The first-order valence-corrected chi connectivity index (χ1v) is 9.41. The summed E-state index contributed by atoms with van der Waals surface area (Å²) in [6.45, 7) is 2.00. The van der Waals surface area contributed by atoms with Crippen LogP contribution in [0.2, 0.25) is 0 Å². The maximum Gasteiger partial charge on any atom is 0.248 e. The molecule has 1 saturated heterocycles. The molecule has 3 aliphatic rings. The molecular weight excluding hydrogens is 316 g/mol. The van der Waals surface area contributed by atoms with Gasteiger partial charge in [0.05, 0.1) is 0 Å². The number of carbonyl (C=O) groups excluding carboxylic acids is 2. The zero-order valence-electron chi connectivity index (χ0n) is 14.6. The second-order valence-corrected chi connectivity index (χ2v) is 7.60. The molecular formula is C19H26N4O2. The molecule has 4 rings (SSSR count). The van der Waals surface area contributed by atoms with E-state index < -0.39 is 5.54 Å². The third-order valence-electron chi connectivity index (χ3n) is 5.87. The van der Waals surface area contributed by atoms with Crippen molar-refractivity contribution in [3.05, 3.63) is 30.6 Å². The van der Waals surface area contributed by atoms with E-state index in [-0.39, 0.29) is 17.7 Å². The molecule has 1 aliphatic heterocycles. The van der Waals surface area contributed by atoms with E-state index in [1.165, 1.54) is 12.8 Å². The van der Waals surface area contributed by atoms with E-state index in [0.717, 1.165) is 19.4 Å². The van der Waals surface area contributed by atoms with Gasteiger partial charge in [-0.2, -0.15) is 5.10 Å². The number of amides is 2. The van der Waals surface area contributed by atoms with Gasteiger partial charge in [-0.1, -0.05) is 12.2 Å². The van der Waals surface area contributed by atoms with Crippen molar-refractivity contribution in [2.45, 2.75) is 44.1 Å². The molecule has 134 valence electrons. The van der Waals surface area contributed by atoms with Crippen LogP contribution in [0.1, 0.15) is 38.5 Å². The zero-order chi connectivity index (χ0) is 17.3. The fraction of sp³-hybridized carbons (Fsp3) is 0.632. The lowest BCUT2D eigenvalue weighted by atomic mass is 9.85. The fourth-order valence-corrected chi connectivity index (χ4v) is 3.98. The highest BCUT2D eigenvalue weighted by Gasteiger charge is 2.45. The van der Waals surface area contributed by atoms with Crippen LogP contribution in [0.15, 0.2) is 30.6 Å². The second-order valence-electron chi connectivity index (χ2n) is 7.60. The Morgan fingerprint density at radius 3 is 2.48 bits per heavy atom. The van der Waals surface area contributed by atoms with Crippen molar-refractivity contribution in [1.29, 1.82) is 0 Å². The number of hydrogen-bond donors (Lipinski definition) is 1. The van der Waals surface area contributed by atoms with Crippen LogP contribution >= 0.6 is 0 Å². The molecule has 1 aromatic rings. The van der Waals surface area contributed by atoms with Crippen molar-refractivity contribution < 1.29 is 9.59 Å². The maximum absolute atomic E-state index is 13.0. The van der Waals surface area contributed by atoms with E-state index in [1.807, 2.05) is 17.2 Å². The van der Waals surface area contributed by atoms with Crippen LogP contribution in [-0.4, -0.2) is 46.1 Å². The fourth-order valence-electron chi connectivity index (χ4n) is 3.98. The first kappa shape index (κ1) is 16.4. The highest BCUT2D eigenvalue weighted by Crippen LogP contribution is 2.33. The number of likely N-dealkylation sites (tertiary alicyclic amines) is 1. The summed E-state index contributed by atoms with van der Waals surface area (Å²) in [5.41, 5.74) is -0.664. The normalized spacial score (nSPS) is 23.0. The van der Waals surface area contributed by atoms with Crippen molar-refractivity contribution in [2.75, 3.05) is 19.6 Å². The van der Waals surface area contributed by atoms with Gasteiger partial charge in [0.25, 0.3) is 0 Å². The molecule has 0 atom stereocenters. The van der Waals surface area contributed by atoms with Gasteiger partial charge in [0.1, 0.15) is 5.54 Å². The molecule has 0 radical (unpaired) electrons. The van der Waals surface area contributed by atoms with E-state index in [2.05, 4.69) is 22.6 Å². The smallest absolute Gasteiger partial charge is 0.248 e. The third kappa shape index (κ3) is 3.22. The molecule has 0 bridgehead atoms. The molecule has 2 aliphatic carbocycles. The number of nitrogens with zero attached hydrogens (tertiary/aromatic N) is 3. The van der Waals surface area contributed by atoms with Crippen molar-refractivity contribution >= 4 is 11.8 Å². The number of carbonyl (C=O) groups is 2. The average molecular weight is 342 g/mol. The van der Waals surface area contributed by atoms with Crippen LogP contribution in [0.5, 0.6) is 0 Å². The number of hydrogen-bond acceptors (Lipinski definition) is 3. The summed E-state index contributed by atoms with van der Waals surface area (Å²) < 4.78 is 1.80. The van der Waals surface area contributed by atoms with Gasteiger partial charge in [0, 0.05) is 37.9 Å². The number of piperidine rings is 1. The predicted molar refractivity (Wildman–Crippen MR) is 93.6 cm³/mol. The monoisotopic (exact) mass is 342 g/mol. The van der Waals surface area contributed by atoms with Crippen LogP contribution in [0, 0.1) is 11.8 Å². The SMILES string of the molecule is O=C(C1CC=CC1)N1CCC(C(=O)NCC2CC2)(n2cccn2)CC1. The molecule has 0 aromatic carbocycles. The Hall–Kier alpha value is -2.11. The van der Waals surface area contributed by atoms with Crippen LogP contribution in [-0.2, 0) is 15.1 Å². The van der Waals surface area contributed by atoms with Gasteiger partial charge < -0.3 is 10.2 Å². The number of rotatable bonds is 5. The van der Waals surface area contributed by atoms with Crippen LogP contribution in [0.25, 0.3) is 0 Å². The molecule has 2 fully saturated rings. The van der Waals surface area contributed by atoms with Crippen molar-refractivity contribution in [1.82, 2.24) is 20.0 Å². The lowest BCUT2D eigenvalue weighted by Crippen LogP contribution is -2.56. The largest absolute Gasteiger partial charge is 0.354 e. The minimum absolute atomic E-state index is 0.0535. The van der Waals surface area contributed by atoms with E-state index in [9.17, 15) is 9.59 Å². The van der Waals surface area contributed by atoms with E-state index in [0.29, 0.717) is 31.8 Å². The maximum atomic E-state index is 13.0. The zero-order valence-corrected chi connectivity index (χ0v) is 14.6. The van der Waals surface area contributed by atoms with E-state index in [1.54, 1.807) is 10.9 Å². The highest BCUT2D eigenvalue weighted by atomic mass is 16.2. The molecule has 6 nitrogen and oxygen atoms in total. The summed E-state index contributed by atoms with van der Waals surface area (Å²) >= 11 is 0. The van der Waals surface area contributed by atoms with Gasteiger partial charge in [-0.15, -0.1) is 0 Å². The number of allylic oxidation sites excluding steroid dienone is 2. The second kappa shape index (κ2) is 6.65. The first-order chi connectivity index (χ1) is 12.2. The predicted octanol–water partition coefficient (Wildman–Crippen LogP) is 1.69. The lowest BCUT2D eigenvalue weighted by Gasteiger charge is -2.41. The highest BCUT2D eigenvalue weighted by molar-refractivity contribution is 5.85. The van der Waals surface area contributed by atoms with Crippen molar-refractivity contribution in [2.24, 2.45) is 11.8 Å². The Labute approximate surface area is 148 Å². The van der Waals surface area contributed by atoms with Gasteiger partial charge in [-0.3, -0.25) is 14.3 Å². The summed E-state index contributed by atoms with van der Waals surface area (Å²) in [5, 5.41) is 7.50. The third-order valence-corrected chi connectivity index (χ3v) is 5.87. The van der Waals surface area contributed by atoms with Crippen LogP contribution in [0.3, 0.4) is 0 Å². The molecule has 25 heavy (non-hydrogen) atoms. The molecule has 2 amide bonds. The summed E-state index contributed by atoms with van der Waals surface area (Å²) in [5.74, 6) is 1.03. The summed E-state index contributed by atoms with van der Waals surface area (Å²) in [6, 6.07) is 1.86. The Morgan fingerprint density at radius 1 is 1.16 bits per heavy atom. The summed E-state index contributed by atoms with van der Waals surface area (Å²) in [4.78, 5) is 27.6. The van der Waals surface area contributed by atoms with Gasteiger partial charge >= 0.3 is 0 Å². The minimum Gasteiger partial charge on any atom is -0.354 e. The lowest BCUT2D eigenvalue weighted by molar-refractivity contribution is -0.142. The molecule has 0 spiro atoms. The number of aromatic nitrogens is 2. The van der Waals surface area contributed by atoms with Crippen molar-refractivity contribution in [3.63, 3.8) is 0 Å². The van der Waals surface area contributed by atoms with E-state index >= 15 is 0 Å². The van der Waals surface area contributed by atoms with Crippen molar-refractivity contribution in [3.8, 4) is 0 Å².